The fourth-order valence-corrected chi connectivity index (χ4v) is 4.91. The minimum atomic E-state index is -0.800. The summed E-state index contributed by atoms with van der Waals surface area (Å²) < 4.78 is 33.2. The van der Waals surface area contributed by atoms with E-state index in [0.29, 0.717) is 56.0 Å². The van der Waals surface area contributed by atoms with Crippen LogP contribution in [0.5, 0.6) is 0 Å². The van der Waals surface area contributed by atoms with Crippen molar-refractivity contribution >= 4 is 17.9 Å². The van der Waals surface area contributed by atoms with E-state index in [1.807, 2.05) is 6.92 Å². The lowest BCUT2D eigenvalue weighted by molar-refractivity contribution is -0.139. The summed E-state index contributed by atoms with van der Waals surface area (Å²) in [5.41, 5.74) is 1.41. The van der Waals surface area contributed by atoms with E-state index in [1.54, 1.807) is 24.0 Å². The van der Waals surface area contributed by atoms with Crippen molar-refractivity contribution < 1.29 is 27.9 Å². The minimum absolute atomic E-state index is 0.0384. The van der Waals surface area contributed by atoms with Gasteiger partial charge in [0.15, 0.2) is 0 Å². The van der Waals surface area contributed by atoms with Crippen molar-refractivity contribution in [1.29, 1.82) is 0 Å². The Morgan fingerprint density at radius 3 is 2.42 bits per heavy atom. The van der Waals surface area contributed by atoms with Crippen molar-refractivity contribution in [3.8, 4) is 0 Å². The molecule has 2 heterocycles. The maximum absolute atomic E-state index is 14.2. The van der Waals surface area contributed by atoms with Crippen LogP contribution in [0.25, 0.3) is 0 Å². The van der Waals surface area contributed by atoms with E-state index in [-0.39, 0.29) is 30.7 Å². The third kappa shape index (κ3) is 5.85. The molecule has 1 N–H and O–H groups in total. The molecule has 2 aliphatic heterocycles. The van der Waals surface area contributed by atoms with Gasteiger partial charge in [0.1, 0.15) is 11.6 Å². The number of esters is 1. The number of ether oxygens (including phenoxy) is 1. The van der Waals surface area contributed by atoms with Crippen molar-refractivity contribution in [3.63, 3.8) is 0 Å². The summed E-state index contributed by atoms with van der Waals surface area (Å²) in [6, 6.07) is 10.4. The van der Waals surface area contributed by atoms with Gasteiger partial charge in [-0.3, -0.25) is 14.6 Å². The molecule has 202 valence electrons. The quantitative estimate of drug-likeness (QED) is 0.557. The predicted molar refractivity (Wildman–Crippen MR) is 137 cm³/mol. The van der Waals surface area contributed by atoms with Crippen LogP contribution < -0.4 is 5.32 Å². The number of hydrogen-bond acceptors (Lipinski definition) is 5. The molecule has 2 aromatic rings. The zero-order valence-corrected chi connectivity index (χ0v) is 21.6. The lowest BCUT2D eigenvalue weighted by Crippen LogP contribution is -2.51. The van der Waals surface area contributed by atoms with Crippen molar-refractivity contribution in [2.75, 3.05) is 45.9 Å². The molecule has 8 nitrogen and oxygen atoms in total. The Bertz CT molecular complexity index is 1220. The van der Waals surface area contributed by atoms with Crippen LogP contribution in [0.1, 0.15) is 42.2 Å². The molecule has 0 unspecified atom stereocenters. The molecule has 1 atom stereocenters. The summed E-state index contributed by atoms with van der Waals surface area (Å²) in [7, 11) is 0. The number of nitrogens with zero attached hydrogens (tertiary/aromatic N) is 3. The first-order valence-electron chi connectivity index (χ1n) is 12.8. The molecule has 0 radical (unpaired) electrons. The summed E-state index contributed by atoms with van der Waals surface area (Å²) in [6.07, 6.45) is 0.641. The first-order valence-corrected chi connectivity index (χ1v) is 12.8. The molecule has 1 saturated heterocycles. The summed E-state index contributed by atoms with van der Waals surface area (Å²) in [5, 5.41) is 2.87. The summed E-state index contributed by atoms with van der Waals surface area (Å²) >= 11 is 0. The summed E-state index contributed by atoms with van der Waals surface area (Å²) in [4.78, 5) is 44.5. The Balaban J connectivity index is 1.62. The van der Waals surface area contributed by atoms with E-state index in [9.17, 15) is 23.2 Å². The van der Waals surface area contributed by atoms with Gasteiger partial charge in [0.2, 0.25) is 0 Å². The van der Waals surface area contributed by atoms with Gasteiger partial charge in [-0.2, -0.15) is 0 Å². The van der Waals surface area contributed by atoms with Gasteiger partial charge in [-0.05, 0) is 50.1 Å². The van der Waals surface area contributed by atoms with Gasteiger partial charge >= 0.3 is 12.0 Å². The number of rotatable bonds is 7. The van der Waals surface area contributed by atoms with Gasteiger partial charge in [-0.15, -0.1) is 0 Å². The smallest absolute Gasteiger partial charge is 0.338 e. The Labute approximate surface area is 220 Å². The van der Waals surface area contributed by atoms with Gasteiger partial charge in [0.05, 0.1) is 23.8 Å². The topological polar surface area (TPSA) is 82.2 Å². The predicted octanol–water partition coefficient (Wildman–Crippen LogP) is 3.72. The van der Waals surface area contributed by atoms with Crippen LogP contribution in [0.15, 0.2) is 59.8 Å². The molecular formula is C28H32F2N4O4. The highest BCUT2D eigenvalue weighted by atomic mass is 19.1. The number of nitrogens with one attached hydrogen (secondary N) is 1. The normalized spacial score (nSPS) is 18.7. The van der Waals surface area contributed by atoms with E-state index in [1.165, 1.54) is 41.3 Å². The number of amides is 3. The maximum Gasteiger partial charge on any atom is 0.338 e. The van der Waals surface area contributed by atoms with Crippen LogP contribution in [-0.4, -0.2) is 78.5 Å². The highest BCUT2D eigenvalue weighted by Gasteiger charge is 2.38. The molecule has 0 aliphatic carbocycles. The average Bonchev–Trinajstić information content (AvgIpc) is 3.14. The van der Waals surface area contributed by atoms with E-state index in [0.717, 1.165) is 0 Å². The van der Waals surface area contributed by atoms with Crippen molar-refractivity contribution in [1.82, 2.24) is 20.0 Å². The highest BCUT2D eigenvalue weighted by molar-refractivity contribution is 5.95. The Kier molecular flexibility index (Phi) is 8.73. The van der Waals surface area contributed by atoms with Crippen molar-refractivity contribution in [2.24, 2.45) is 0 Å². The molecule has 1 fully saturated rings. The zero-order chi connectivity index (χ0) is 27.2. The van der Waals surface area contributed by atoms with E-state index in [2.05, 4.69) is 10.2 Å². The summed E-state index contributed by atoms with van der Waals surface area (Å²) in [6.45, 7) is 6.20. The summed E-state index contributed by atoms with van der Waals surface area (Å²) in [5.74, 6) is -1.89. The second-order valence-electron chi connectivity index (χ2n) is 9.16. The van der Waals surface area contributed by atoms with Crippen molar-refractivity contribution in [2.45, 2.75) is 26.3 Å². The molecule has 10 heteroatoms. The number of benzene rings is 2. The fraction of sp³-hybridized carbons (Fsp3) is 0.393. The monoisotopic (exact) mass is 526 g/mol. The number of urea groups is 1. The second-order valence-corrected chi connectivity index (χ2v) is 9.16. The number of carbonyl (C=O) groups excluding carboxylic acids is 3. The number of halogens is 2. The second kappa shape index (κ2) is 12.2. The van der Waals surface area contributed by atoms with E-state index < -0.39 is 23.6 Å². The number of likely N-dealkylation sites (N-methyl/N-ethyl adjacent to an activating group) is 1. The molecule has 0 aromatic heterocycles. The molecule has 38 heavy (non-hydrogen) atoms. The average molecular weight is 527 g/mol. The number of hydrogen-bond donors (Lipinski definition) is 1. The first kappa shape index (κ1) is 27.3. The van der Waals surface area contributed by atoms with E-state index >= 15 is 0 Å². The molecular weight excluding hydrogens is 494 g/mol. The molecule has 0 spiro atoms. The van der Waals surface area contributed by atoms with Crippen LogP contribution in [0, 0.1) is 11.6 Å². The largest absolute Gasteiger partial charge is 0.463 e. The van der Waals surface area contributed by atoms with Crippen molar-refractivity contribution in [3.05, 3.63) is 82.6 Å². The number of carbonyl (C=O) groups is 3. The molecule has 2 aromatic carbocycles. The lowest BCUT2D eigenvalue weighted by Gasteiger charge is -2.38. The molecule has 2 aliphatic rings. The minimum Gasteiger partial charge on any atom is -0.463 e. The lowest BCUT2D eigenvalue weighted by atomic mass is 9.94. The van der Waals surface area contributed by atoms with Crippen LogP contribution >= 0.6 is 0 Å². The maximum atomic E-state index is 14.2. The van der Waals surface area contributed by atoms with Gasteiger partial charge < -0.3 is 15.0 Å². The fourth-order valence-electron chi connectivity index (χ4n) is 4.91. The Morgan fingerprint density at radius 1 is 1.00 bits per heavy atom. The third-order valence-corrected chi connectivity index (χ3v) is 6.81. The van der Waals surface area contributed by atoms with Crippen LogP contribution in [0.3, 0.4) is 0 Å². The Morgan fingerprint density at radius 2 is 1.74 bits per heavy atom. The van der Waals surface area contributed by atoms with Crippen LogP contribution in [0.4, 0.5) is 13.6 Å². The molecule has 3 amide bonds. The van der Waals surface area contributed by atoms with Crippen LogP contribution in [-0.2, 0) is 9.53 Å². The molecule has 0 saturated carbocycles. The molecule has 4 rings (SSSR count). The van der Waals surface area contributed by atoms with Gasteiger partial charge in [-0.25, -0.2) is 18.4 Å². The Hall–Kier alpha value is -3.79. The SMILES string of the molecule is CCOC(=O)C1=C(CN2CCCN(C(=O)c3ccccc3F)CC2)N(CC)C(=O)N[C@@H]1c1ccc(F)cc1. The van der Waals surface area contributed by atoms with Gasteiger partial charge in [0.25, 0.3) is 5.91 Å². The first-order chi connectivity index (χ1) is 18.3. The molecule has 0 bridgehead atoms. The van der Waals surface area contributed by atoms with Gasteiger partial charge in [0, 0.05) is 45.0 Å². The van der Waals surface area contributed by atoms with Gasteiger partial charge in [-0.1, -0.05) is 24.3 Å². The van der Waals surface area contributed by atoms with Crippen LogP contribution in [0.2, 0.25) is 0 Å². The highest BCUT2D eigenvalue weighted by Crippen LogP contribution is 2.32. The van der Waals surface area contributed by atoms with E-state index in [4.69, 9.17) is 4.74 Å². The standard InChI is InChI=1S/C28H32F2N4O4/c1-3-34-23(18-32-14-7-15-33(17-16-32)26(35)21-8-5-6-9-22(21)30)24(27(36)38-4-2)25(31-28(34)37)19-10-12-20(29)13-11-19/h5-6,8-13,25H,3-4,7,14-18H2,1-2H3,(H,31,37)/t25-/m1/s1. The zero-order valence-electron chi connectivity index (χ0n) is 21.6. The third-order valence-electron chi connectivity index (χ3n) is 6.81.